The number of ketones is 1. The fourth-order valence-corrected chi connectivity index (χ4v) is 1.94. The third-order valence-corrected chi connectivity index (χ3v) is 3.43. The summed E-state index contributed by atoms with van der Waals surface area (Å²) in [5.74, 6) is -0.305. The van der Waals surface area contributed by atoms with Gasteiger partial charge in [-0.3, -0.25) is 4.79 Å². The monoisotopic (exact) mass is 283 g/mol. The number of halogens is 1. The van der Waals surface area contributed by atoms with Crippen LogP contribution in [0.2, 0.25) is 0 Å². The van der Waals surface area contributed by atoms with Crippen molar-refractivity contribution in [1.82, 2.24) is 0 Å². The molecule has 0 saturated carbocycles. The first-order valence-electron chi connectivity index (χ1n) is 6.78. The second kappa shape index (κ2) is 6.35. The van der Waals surface area contributed by atoms with E-state index in [4.69, 9.17) is 0 Å². The van der Waals surface area contributed by atoms with E-state index >= 15 is 0 Å². The Balaban J connectivity index is 2.04. The summed E-state index contributed by atoms with van der Waals surface area (Å²) in [6.45, 7) is 5.69. The number of carbonyl (C=O) groups is 1. The average molecular weight is 283 g/mol. The molecule has 2 rings (SSSR count). The summed E-state index contributed by atoms with van der Waals surface area (Å²) in [5.41, 5.74) is 4.23. The first-order chi connectivity index (χ1) is 9.97. The number of nitrogens with one attached hydrogen (secondary N) is 1. The SMILES string of the molecule is Cc1ccc(C(=O)/C=C/Nc2ccc(F)c(C)c2)cc1C. The van der Waals surface area contributed by atoms with Gasteiger partial charge in [-0.15, -0.1) is 0 Å². The number of hydrogen-bond donors (Lipinski definition) is 1. The summed E-state index contributed by atoms with van der Waals surface area (Å²) in [6.07, 6.45) is 3.05. The first kappa shape index (κ1) is 15.0. The van der Waals surface area contributed by atoms with Crippen molar-refractivity contribution in [3.63, 3.8) is 0 Å². The number of aryl methyl sites for hydroxylation is 3. The van der Waals surface area contributed by atoms with Crippen molar-refractivity contribution in [2.45, 2.75) is 20.8 Å². The molecule has 0 amide bonds. The molecule has 0 spiro atoms. The Bertz CT molecular complexity index is 704. The Kier molecular flexibility index (Phi) is 4.53. The number of allylic oxidation sites excluding steroid dienone is 1. The minimum atomic E-state index is -0.240. The highest BCUT2D eigenvalue weighted by Gasteiger charge is 2.03. The summed E-state index contributed by atoms with van der Waals surface area (Å²) in [5, 5.41) is 2.97. The smallest absolute Gasteiger partial charge is 0.187 e. The first-order valence-corrected chi connectivity index (χ1v) is 6.78. The molecule has 0 radical (unpaired) electrons. The normalized spacial score (nSPS) is 10.9. The molecule has 0 aliphatic heterocycles. The topological polar surface area (TPSA) is 29.1 Å². The van der Waals surface area contributed by atoms with E-state index in [1.807, 2.05) is 32.0 Å². The van der Waals surface area contributed by atoms with Crippen LogP contribution in [0.15, 0.2) is 48.7 Å². The van der Waals surface area contributed by atoms with Gasteiger partial charge in [-0.2, -0.15) is 0 Å². The van der Waals surface area contributed by atoms with Crippen molar-refractivity contribution in [2.24, 2.45) is 0 Å². The zero-order chi connectivity index (χ0) is 15.4. The minimum absolute atomic E-state index is 0.0653. The third kappa shape index (κ3) is 3.78. The van der Waals surface area contributed by atoms with E-state index in [1.54, 1.807) is 25.3 Å². The van der Waals surface area contributed by atoms with Crippen LogP contribution < -0.4 is 5.32 Å². The van der Waals surface area contributed by atoms with Crippen molar-refractivity contribution in [3.8, 4) is 0 Å². The summed E-state index contributed by atoms with van der Waals surface area (Å²) >= 11 is 0. The zero-order valence-corrected chi connectivity index (χ0v) is 12.4. The van der Waals surface area contributed by atoms with Gasteiger partial charge >= 0.3 is 0 Å². The highest BCUT2D eigenvalue weighted by atomic mass is 19.1. The fourth-order valence-electron chi connectivity index (χ4n) is 1.94. The molecule has 21 heavy (non-hydrogen) atoms. The predicted molar refractivity (Wildman–Crippen MR) is 84.1 cm³/mol. The lowest BCUT2D eigenvalue weighted by Gasteiger charge is -2.04. The molecule has 3 heteroatoms. The lowest BCUT2D eigenvalue weighted by molar-refractivity contribution is 0.104. The van der Waals surface area contributed by atoms with Gasteiger partial charge in [0.15, 0.2) is 5.78 Å². The Labute approximate surface area is 124 Å². The summed E-state index contributed by atoms with van der Waals surface area (Å²) < 4.78 is 13.1. The third-order valence-electron chi connectivity index (χ3n) is 3.43. The molecule has 0 fully saturated rings. The molecule has 2 aromatic rings. The van der Waals surface area contributed by atoms with Gasteiger partial charge in [0.25, 0.3) is 0 Å². The van der Waals surface area contributed by atoms with Gasteiger partial charge in [0.2, 0.25) is 0 Å². The summed E-state index contributed by atoms with van der Waals surface area (Å²) in [6, 6.07) is 10.4. The van der Waals surface area contributed by atoms with E-state index in [-0.39, 0.29) is 11.6 Å². The molecule has 0 saturated heterocycles. The van der Waals surface area contributed by atoms with Crippen LogP contribution in [0.1, 0.15) is 27.0 Å². The van der Waals surface area contributed by atoms with Gasteiger partial charge in [-0.25, -0.2) is 4.39 Å². The van der Waals surface area contributed by atoms with Crippen molar-refractivity contribution < 1.29 is 9.18 Å². The van der Waals surface area contributed by atoms with Crippen LogP contribution >= 0.6 is 0 Å². The molecule has 2 nitrogen and oxygen atoms in total. The van der Waals surface area contributed by atoms with E-state index < -0.39 is 0 Å². The van der Waals surface area contributed by atoms with Gasteiger partial charge in [0.05, 0.1) is 0 Å². The van der Waals surface area contributed by atoms with E-state index in [0.717, 1.165) is 16.8 Å². The van der Waals surface area contributed by atoms with Gasteiger partial charge < -0.3 is 5.32 Å². The average Bonchev–Trinajstić information content (AvgIpc) is 2.45. The van der Waals surface area contributed by atoms with Crippen molar-refractivity contribution >= 4 is 11.5 Å². The number of carbonyl (C=O) groups excluding carboxylic acids is 1. The number of benzene rings is 2. The largest absolute Gasteiger partial charge is 0.362 e. The Morgan fingerprint density at radius 2 is 1.76 bits per heavy atom. The second-order valence-corrected chi connectivity index (χ2v) is 5.10. The molecule has 2 aromatic carbocycles. The van der Waals surface area contributed by atoms with E-state index in [9.17, 15) is 9.18 Å². The Morgan fingerprint density at radius 1 is 1.00 bits per heavy atom. The number of anilines is 1. The van der Waals surface area contributed by atoms with Crippen LogP contribution in [0.25, 0.3) is 0 Å². The highest BCUT2D eigenvalue weighted by Crippen LogP contribution is 2.14. The summed E-state index contributed by atoms with van der Waals surface area (Å²) in [7, 11) is 0. The van der Waals surface area contributed by atoms with E-state index in [2.05, 4.69) is 5.32 Å². The maximum absolute atomic E-state index is 13.1. The van der Waals surface area contributed by atoms with E-state index in [0.29, 0.717) is 11.1 Å². The van der Waals surface area contributed by atoms with Crippen LogP contribution in [-0.4, -0.2) is 5.78 Å². The Hall–Kier alpha value is -2.42. The second-order valence-electron chi connectivity index (χ2n) is 5.10. The molecule has 0 aliphatic carbocycles. The molecule has 0 aliphatic rings. The fraction of sp³-hybridized carbons (Fsp3) is 0.167. The molecule has 0 aromatic heterocycles. The minimum Gasteiger partial charge on any atom is -0.362 e. The van der Waals surface area contributed by atoms with Crippen LogP contribution in [0, 0.1) is 26.6 Å². The van der Waals surface area contributed by atoms with Gasteiger partial charge in [0.1, 0.15) is 5.82 Å². The Morgan fingerprint density at radius 3 is 2.43 bits per heavy atom. The van der Waals surface area contributed by atoms with E-state index in [1.165, 1.54) is 12.1 Å². The molecule has 0 atom stereocenters. The molecule has 0 bridgehead atoms. The van der Waals surface area contributed by atoms with Crippen molar-refractivity contribution in [1.29, 1.82) is 0 Å². The van der Waals surface area contributed by atoms with Gasteiger partial charge in [0, 0.05) is 23.5 Å². The molecule has 0 unspecified atom stereocenters. The van der Waals surface area contributed by atoms with Gasteiger partial charge in [-0.1, -0.05) is 12.1 Å². The molecular formula is C18H18FNO. The van der Waals surface area contributed by atoms with Crippen molar-refractivity contribution in [3.05, 3.63) is 76.7 Å². The van der Waals surface area contributed by atoms with Gasteiger partial charge in [-0.05, 0) is 61.7 Å². The molecule has 0 heterocycles. The number of hydrogen-bond acceptors (Lipinski definition) is 2. The van der Waals surface area contributed by atoms with Crippen LogP contribution in [-0.2, 0) is 0 Å². The van der Waals surface area contributed by atoms with Crippen LogP contribution in [0.4, 0.5) is 10.1 Å². The standard InChI is InChI=1S/C18H18FNO/c1-12-4-5-15(10-13(12)2)18(21)8-9-20-16-6-7-17(19)14(3)11-16/h4-11,20H,1-3H3/b9-8+. The quantitative estimate of drug-likeness (QED) is 0.658. The van der Waals surface area contributed by atoms with Crippen LogP contribution in [0.5, 0.6) is 0 Å². The zero-order valence-electron chi connectivity index (χ0n) is 12.4. The lowest BCUT2D eigenvalue weighted by Crippen LogP contribution is -1.98. The molecule has 1 N–H and O–H groups in total. The summed E-state index contributed by atoms with van der Waals surface area (Å²) in [4.78, 5) is 12.0. The predicted octanol–water partition coefficient (Wildman–Crippen LogP) is 4.56. The number of rotatable bonds is 4. The van der Waals surface area contributed by atoms with Crippen LogP contribution in [0.3, 0.4) is 0 Å². The lowest BCUT2D eigenvalue weighted by atomic mass is 10.0. The maximum Gasteiger partial charge on any atom is 0.187 e. The van der Waals surface area contributed by atoms with Crippen molar-refractivity contribution in [2.75, 3.05) is 5.32 Å². The highest BCUT2D eigenvalue weighted by molar-refractivity contribution is 6.04. The maximum atomic E-state index is 13.1. The molecule has 108 valence electrons. The molecular weight excluding hydrogens is 265 g/mol.